The number of pyridine rings is 1. The van der Waals surface area contributed by atoms with Gasteiger partial charge in [-0.05, 0) is 61.4 Å². The number of hydrogen-bond donors (Lipinski definition) is 1. The van der Waals surface area contributed by atoms with Crippen LogP contribution >= 0.6 is 0 Å². The first kappa shape index (κ1) is 10.9. The van der Waals surface area contributed by atoms with Crippen LogP contribution in [0.15, 0.2) is 24.5 Å². The monoisotopic (exact) mass is 232 g/mol. The van der Waals surface area contributed by atoms with E-state index < -0.39 is 0 Å². The summed E-state index contributed by atoms with van der Waals surface area (Å²) in [6, 6.07) is 1.59. The molecule has 0 aromatic carbocycles. The van der Waals surface area contributed by atoms with Crippen molar-refractivity contribution in [3.8, 4) is 0 Å². The standard InChI is InChI=1S/C14H17FN2/c15-14-6-13(8-17-9-14)11-2-1-10-3-4-16-7-12(10)5-11/h2,6,8-10,12,16H,1,3-5,7H2/t10-,12+/m1/s1. The number of piperidine rings is 1. The van der Waals surface area contributed by atoms with E-state index in [0.717, 1.165) is 37.4 Å². The molecule has 17 heavy (non-hydrogen) atoms. The second-order valence-electron chi connectivity index (χ2n) is 5.07. The Morgan fingerprint density at radius 3 is 3.12 bits per heavy atom. The lowest BCUT2D eigenvalue weighted by Gasteiger charge is -2.35. The quantitative estimate of drug-likeness (QED) is 0.805. The second-order valence-corrected chi connectivity index (χ2v) is 5.07. The smallest absolute Gasteiger partial charge is 0.142 e. The van der Waals surface area contributed by atoms with E-state index in [1.54, 1.807) is 12.3 Å². The number of rotatable bonds is 1. The molecule has 3 heteroatoms. The zero-order chi connectivity index (χ0) is 11.7. The van der Waals surface area contributed by atoms with E-state index >= 15 is 0 Å². The van der Waals surface area contributed by atoms with Gasteiger partial charge in [0.05, 0.1) is 6.20 Å². The number of aromatic nitrogens is 1. The van der Waals surface area contributed by atoms with E-state index in [9.17, 15) is 4.39 Å². The molecule has 1 aliphatic carbocycles. The third kappa shape index (κ3) is 2.25. The summed E-state index contributed by atoms with van der Waals surface area (Å²) in [4.78, 5) is 3.93. The molecule has 2 atom stereocenters. The SMILES string of the molecule is Fc1cncc(C2=CC[C@@H]3CCNC[C@@H]3C2)c1. The molecule has 2 aliphatic rings. The summed E-state index contributed by atoms with van der Waals surface area (Å²) >= 11 is 0. The van der Waals surface area contributed by atoms with Crippen LogP contribution in [0.1, 0.15) is 24.8 Å². The number of halogens is 1. The van der Waals surface area contributed by atoms with Crippen LogP contribution in [0.3, 0.4) is 0 Å². The zero-order valence-electron chi connectivity index (χ0n) is 9.82. The molecule has 3 rings (SSSR count). The molecule has 2 nitrogen and oxygen atoms in total. The number of allylic oxidation sites excluding steroid dienone is 2. The fraction of sp³-hybridized carbons (Fsp3) is 0.500. The summed E-state index contributed by atoms with van der Waals surface area (Å²) in [6.07, 6.45) is 8.78. The molecular weight excluding hydrogens is 215 g/mol. The van der Waals surface area contributed by atoms with Gasteiger partial charge < -0.3 is 5.32 Å². The Labute approximate surface area is 101 Å². The maximum Gasteiger partial charge on any atom is 0.142 e. The highest BCUT2D eigenvalue weighted by Gasteiger charge is 2.28. The van der Waals surface area contributed by atoms with Crippen LogP contribution in [0.4, 0.5) is 4.39 Å². The van der Waals surface area contributed by atoms with E-state index in [2.05, 4.69) is 16.4 Å². The van der Waals surface area contributed by atoms with E-state index in [1.807, 2.05) is 0 Å². The van der Waals surface area contributed by atoms with E-state index in [1.165, 1.54) is 18.2 Å². The van der Waals surface area contributed by atoms with E-state index in [4.69, 9.17) is 0 Å². The van der Waals surface area contributed by atoms with Gasteiger partial charge in [-0.2, -0.15) is 0 Å². The zero-order valence-corrected chi connectivity index (χ0v) is 9.82. The number of nitrogens with one attached hydrogen (secondary N) is 1. The Morgan fingerprint density at radius 1 is 1.29 bits per heavy atom. The van der Waals surface area contributed by atoms with Gasteiger partial charge in [0.1, 0.15) is 5.82 Å². The van der Waals surface area contributed by atoms with Crippen LogP contribution in [-0.4, -0.2) is 18.1 Å². The average molecular weight is 232 g/mol. The van der Waals surface area contributed by atoms with Gasteiger partial charge in [0.2, 0.25) is 0 Å². The van der Waals surface area contributed by atoms with Crippen molar-refractivity contribution in [3.05, 3.63) is 35.9 Å². The molecule has 1 aliphatic heterocycles. The first-order chi connectivity index (χ1) is 8.33. The fourth-order valence-electron chi connectivity index (χ4n) is 3.01. The summed E-state index contributed by atoms with van der Waals surface area (Å²) in [6.45, 7) is 2.25. The molecule has 0 radical (unpaired) electrons. The van der Waals surface area contributed by atoms with Gasteiger partial charge in [0.15, 0.2) is 0 Å². The Bertz CT molecular complexity index is 442. The topological polar surface area (TPSA) is 24.9 Å². The highest BCUT2D eigenvalue weighted by Crippen LogP contribution is 2.37. The van der Waals surface area contributed by atoms with Crippen LogP contribution < -0.4 is 5.32 Å². The first-order valence-electron chi connectivity index (χ1n) is 6.33. The molecule has 1 saturated heterocycles. The predicted octanol–water partition coefficient (Wildman–Crippen LogP) is 2.62. The number of fused-ring (bicyclic) bond motifs is 1. The van der Waals surface area contributed by atoms with Gasteiger partial charge in [-0.1, -0.05) is 6.08 Å². The lowest BCUT2D eigenvalue weighted by atomic mass is 9.75. The summed E-state index contributed by atoms with van der Waals surface area (Å²) in [5, 5.41) is 3.45. The summed E-state index contributed by atoms with van der Waals surface area (Å²) in [7, 11) is 0. The highest BCUT2D eigenvalue weighted by atomic mass is 19.1. The molecule has 90 valence electrons. The molecular formula is C14H17FN2. The predicted molar refractivity (Wildman–Crippen MR) is 65.9 cm³/mol. The summed E-state index contributed by atoms with van der Waals surface area (Å²) < 4.78 is 13.2. The van der Waals surface area contributed by atoms with Crippen molar-refractivity contribution in [1.29, 1.82) is 0 Å². The van der Waals surface area contributed by atoms with Crippen LogP contribution in [-0.2, 0) is 0 Å². The fourth-order valence-corrected chi connectivity index (χ4v) is 3.01. The van der Waals surface area contributed by atoms with Crippen molar-refractivity contribution in [3.63, 3.8) is 0 Å². The van der Waals surface area contributed by atoms with Crippen molar-refractivity contribution in [2.75, 3.05) is 13.1 Å². The average Bonchev–Trinajstić information content (AvgIpc) is 2.38. The third-order valence-electron chi connectivity index (χ3n) is 3.99. The largest absolute Gasteiger partial charge is 0.316 e. The lowest BCUT2D eigenvalue weighted by molar-refractivity contribution is 0.252. The van der Waals surface area contributed by atoms with Gasteiger partial charge in [-0.25, -0.2) is 4.39 Å². The normalized spacial score (nSPS) is 28.4. The summed E-state index contributed by atoms with van der Waals surface area (Å²) in [5.41, 5.74) is 2.22. The minimum Gasteiger partial charge on any atom is -0.316 e. The van der Waals surface area contributed by atoms with Gasteiger partial charge >= 0.3 is 0 Å². The van der Waals surface area contributed by atoms with Crippen LogP contribution in [0.5, 0.6) is 0 Å². The lowest BCUT2D eigenvalue weighted by Crippen LogP contribution is -2.37. The number of hydrogen-bond acceptors (Lipinski definition) is 2. The van der Waals surface area contributed by atoms with Gasteiger partial charge in [-0.3, -0.25) is 4.98 Å². The van der Waals surface area contributed by atoms with Crippen molar-refractivity contribution in [2.45, 2.75) is 19.3 Å². The van der Waals surface area contributed by atoms with Crippen molar-refractivity contribution in [1.82, 2.24) is 10.3 Å². The van der Waals surface area contributed by atoms with Gasteiger partial charge in [-0.15, -0.1) is 0 Å². The molecule has 0 saturated carbocycles. The van der Waals surface area contributed by atoms with Crippen LogP contribution in [0.2, 0.25) is 0 Å². The molecule has 1 fully saturated rings. The van der Waals surface area contributed by atoms with Crippen molar-refractivity contribution < 1.29 is 4.39 Å². The molecule has 0 amide bonds. The maximum atomic E-state index is 13.2. The molecule has 2 heterocycles. The van der Waals surface area contributed by atoms with E-state index in [0.29, 0.717) is 5.92 Å². The van der Waals surface area contributed by atoms with Crippen molar-refractivity contribution in [2.24, 2.45) is 11.8 Å². The molecule has 0 unspecified atom stereocenters. The van der Waals surface area contributed by atoms with Crippen LogP contribution in [0, 0.1) is 17.7 Å². The Balaban J connectivity index is 1.82. The third-order valence-corrected chi connectivity index (χ3v) is 3.99. The van der Waals surface area contributed by atoms with Crippen molar-refractivity contribution >= 4 is 5.57 Å². The van der Waals surface area contributed by atoms with E-state index in [-0.39, 0.29) is 5.82 Å². The minimum absolute atomic E-state index is 0.243. The molecule has 1 aromatic heterocycles. The second kappa shape index (κ2) is 4.57. The van der Waals surface area contributed by atoms with Crippen LogP contribution in [0.25, 0.3) is 5.57 Å². The molecule has 1 N–H and O–H groups in total. The molecule has 0 spiro atoms. The highest BCUT2D eigenvalue weighted by molar-refractivity contribution is 5.65. The maximum absolute atomic E-state index is 13.2. The minimum atomic E-state index is -0.243. The molecule has 1 aromatic rings. The Kier molecular flexibility index (Phi) is 2.93. The van der Waals surface area contributed by atoms with Gasteiger partial charge in [0.25, 0.3) is 0 Å². The molecule has 0 bridgehead atoms. The first-order valence-corrected chi connectivity index (χ1v) is 6.33. The Hall–Kier alpha value is -1.22. The number of nitrogens with zero attached hydrogens (tertiary/aromatic N) is 1. The Morgan fingerprint density at radius 2 is 2.24 bits per heavy atom. The summed E-state index contributed by atoms with van der Waals surface area (Å²) in [5.74, 6) is 1.29. The van der Waals surface area contributed by atoms with Gasteiger partial charge in [0, 0.05) is 6.20 Å².